The highest BCUT2D eigenvalue weighted by molar-refractivity contribution is 6.08. The van der Waals surface area contributed by atoms with E-state index < -0.39 is 5.82 Å². The summed E-state index contributed by atoms with van der Waals surface area (Å²) in [6.07, 6.45) is 5.91. The highest BCUT2D eigenvalue weighted by Gasteiger charge is 2.18. The second-order valence-electron chi connectivity index (χ2n) is 7.32. The second kappa shape index (κ2) is 9.65. The average molecular weight is 453 g/mol. The summed E-state index contributed by atoms with van der Waals surface area (Å²) in [5.41, 5.74) is 2.50. The Morgan fingerprint density at radius 3 is 2.44 bits per heavy atom. The summed E-state index contributed by atoms with van der Waals surface area (Å²) in [6.45, 7) is 5.88. The molecule has 3 aromatic heterocycles. The number of imidazole rings is 1. The highest BCUT2D eigenvalue weighted by Crippen LogP contribution is 2.26. The molecule has 9 heteroatoms. The Hall–Kier alpha value is -3.65. The number of anilines is 2. The molecule has 32 heavy (non-hydrogen) atoms. The largest absolute Gasteiger partial charge is 0.324 e. The third-order valence-corrected chi connectivity index (χ3v) is 4.81. The molecule has 4 rings (SSSR count). The maximum atomic E-state index is 14.5. The van der Waals surface area contributed by atoms with Crippen LogP contribution in [0.5, 0.6) is 0 Å². The van der Waals surface area contributed by atoms with E-state index in [4.69, 9.17) is 0 Å². The van der Waals surface area contributed by atoms with Gasteiger partial charge in [-0.3, -0.25) is 9.78 Å². The lowest BCUT2D eigenvalue weighted by Gasteiger charge is -2.14. The maximum Gasteiger partial charge on any atom is 0.227 e. The number of aryl methyl sites for hydroxylation is 1. The Morgan fingerprint density at radius 2 is 1.78 bits per heavy atom. The summed E-state index contributed by atoms with van der Waals surface area (Å²) < 4.78 is 16.4. The number of aromatic nitrogens is 5. The molecule has 0 saturated heterocycles. The molecule has 0 fully saturated rings. The van der Waals surface area contributed by atoms with Crippen molar-refractivity contribution in [2.24, 2.45) is 0 Å². The van der Waals surface area contributed by atoms with E-state index in [9.17, 15) is 9.18 Å². The number of rotatable bonds is 6. The van der Waals surface area contributed by atoms with Gasteiger partial charge in [-0.25, -0.2) is 19.3 Å². The zero-order valence-corrected chi connectivity index (χ0v) is 18.6. The smallest absolute Gasteiger partial charge is 0.227 e. The summed E-state index contributed by atoms with van der Waals surface area (Å²) in [4.78, 5) is 29.2. The van der Waals surface area contributed by atoms with Crippen molar-refractivity contribution < 1.29 is 9.18 Å². The van der Waals surface area contributed by atoms with Gasteiger partial charge in [0.15, 0.2) is 11.6 Å². The van der Waals surface area contributed by atoms with Gasteiger partial charge in [-0.2, -0.15) is 0 Å². The molecule has 7 nitrogen and oxygen atoms in total. The fourth-order valence-corrected chi connectivity index (χ4v) is 3.39. The van der Waals surface area contributed by atoms with Crippen LogP contribution < -0.4 is 5.32 Å². The molecule has 0 aliphatic rings. The van der Waals surface area contributed by atoms with Gasteiger partial charge in [0.25, 0.3) is 0 Å². The first-order valence-corrected chi connectivity index (χ1v) is 9.82. The van der Waals surface area contributed by atoms with Crippen molar-refractivity contribution in [2.75, 3.05) is 5.32 Å². The Balaban J connectivity index is 0.00000289. The molecular formula is C23H22ClFN6O. The minimum Gasteiger partial charge on any atom is -0.324 e. The minimum atomic E-state index is -0.523. The maximum absolute atomic E-state index is 14.5. The standard InChI is InChI=1S/C23H21FN6O.ClH/c1-14(2)30-15(3)26-13-20(30)21-19(24)12-27-23(29-21)28-18-8-6-16(7-9-18)22(31)17-5-4-10-25-11-17;/h4-14H,1-3H3,(H,27,28,29);1H. The van der Waals surface area contributed by atoms with Crippen LogP contribution in [0.1, 0.15) is 41.6 Å². The predicted molar refractivity (Wildman–Crippen MR) is 123 cm³/mol. The van der Waals surface area contributed by atoms with Crippen molar-refractivity contribution in [1.29, 1.82) is 0 Å². The molecule has 0 aliphatic carbocycles. The fourth-order valence-electron chi connectivity index (χ4n) is 3.39. The average Bonchev–Trinajstić information content (AvgIpc) is 3.17. The number of pyridine rings is 1. The van der Waals surface area contributed by atoms with Crippen LogP contribution >= 0.6 is 12.4 Å². The van der Waals surface area contributed by atoms with Gasteiger partial charge in [0.2, 0.25) is 5.95 Å². The monoisotopic (exact) mass is 452 g/mol. The second-order valence-corrected chi connectivity index (χ2v) is 7.32. The van der Waals surface area contributed by atoms with E-state index in [2.05, 4.69) is 25.3 Å². The van der Waals surface area contributed by atoms with Gasteiger partial charge in [0.05, 0.1) is 18.1 Å². The summed E-state index contributed by atoms with van der Waals surface area (Å²) in [5.74, 6) is 0.394. The lowest BCUT2D eigenvalue weighted by atomic mass is 10.0. The van der Waals surface area contributed by atoms with Gasteiger partial charge in [-0.1, -0.05) is 0 Å². The van der Waals surface area contributed by atoms with E-state index in [1.54, 1.807) is 48.8 Å². The van der Waals surface area contributed by atoms with Crippen molar-refractivity contribution >= 4 is 29.8 Å². The summed E-state index contributed by atoms with van der Waals surface area (Å²) in [6, 6.07) is 10.5. The first-order valence-electron chi connectivity index (χ1n) is 9.82. The van der Waals surface area contributed by atoms with Crippen LogP contribution in [0.4, 0.5) is 16.0 Å². The normalized spacial score (nSPS) is 10.7. The van der Waals surface area contributed by atoms with Crippen molar-refractivity contribution in [3.8, 4) is 11.4 Å². The summed E-state index contributed by atoms with van der Waals surface area (Å²) >= 11 is 0. The first kappa shape index (κ1) is 23.0. The van der Waals surface area contributed by atoms with Gasteiger partial charge in [-0.15, -0.1) is 12.4 Å². The minimum absolute atomic E-state index is 0. The predicted octanol–water partition coefficient (Wildman–Crippen LogP) is 5.16. The number of carbonyl (C=O) groups excluding carboxylic acids is 1. The Bertz CT molecular complexity index is 1230. The molecule has 164 valence electrons. The number of ketones is 1. The molecule has 0 saturated carbocycles. The molecule has 4 aromatic rings. The van der Waals surface area contributed by atoms with Gasteiger partial charge in [0, 0.05) is 35.2 Å². The van der Waals surface area contributed by atoms with E-state index in [0.29, 0.717) is 22.5 Å². The van der Waals surface area contributed by atoms with E-state index in [1.807, 2.05) is 25.3 Å². The molecule has 0 bridgehead atoms. The zero-order valence-electron chi connectivity index (χ0n) is 17.8. The molecule has 3 heterocycles. The quantitative estimate of drug-likeness (QED) is 0.407. The van der Waals surface area contributed by atoms with Crippen molar-refractivity contribution in [3.05, 3.63) is 84.0 Å². The number of hydrogen-bond acceptors (Lipinski definition) is 6. The van der Waals surface area contributed by atoms with Crippen LogP contribution in [0.3, 0.4) is 0 Å². The number of benzene rings is 1. The van der Waals surface area contributed by atoms with Crippen molar-refractivity contribution in [2.45, 2.75) is 26.8 Å². The van der Waals surface area contributed by atoms with E-state index in [0.717, 1.165) is 12.0 Å². The number of nitrogens with zero attached hydrogens (tertiary/aromatic N) is 5. The number of halogens is 2. The first-order chi connectivity index (χ1) is 14.9. The number of hydrogen-bond donors (Lipinski definition) is 1. The Morgan fingerprint density at radius 1 is 1.03 bits per heavy atom. The number of carbonyl (C=O) groups is 1. The molecule has 0 atom stereocenters. The molecule has 1 aromatic carbocycles. The Labute approximate surface area is 191 Å². The Kier molecular flexibility index (Phi) is 6.95. The topological polar surface area (TPSA) is 85.6 Å². The molecule has 1 N–H and O–H groups in total. The third kappa shape index (κ3) is 4.65. The van der Waals surface area contributed by atoms with Crippen LogP contribution in [0, 0.1) is 12.7 Å². The van der Waals surface area contributed by atoms with E-state index >= 15 is 0 Å². The molecule has 0 amide bonds. The molecule has 0 aliphatic heterocycles. The van der Waals surface area contributed by atoms with Gasteiger partial charge >= 0.3 is 0 Å². The van der Waals surface area contributed by atoms with Crippen LogP contribution in [0.25, 0.3) is 11.4 Å². The summed E-state index contributed by atoms with van der Waals surface area (Å²) in [5, 5.41) is 3.06. The van der Waals surface area contributed by atoms with Gasteiger partial charge in [0.1, 0.15) is 11.5 Å². The fraction of sp³-hybridized carbons (Fsp3) is 0.174. The van der Waals surface area contributed by atoms with Gasteiger partial charge < -0.3 is 9.88 Å². The number of nitrogens with one attached hydrogen (secondary N) is 1. The van der Waals surface area contributed by atoms with E-state index in [-0.39, 0.29) is 35.9 Å². The summed E-state index contributed by atoms with van der Waals surface area (Å²) in [7, 11) is 0. The van der Waals surface area contributed by atoms with Crippen LogP contribution in [0.2, 0.25) is 0 Å². The SMILES string of the molecule is Cc1ncc(-c2nc(Nc3ccc(C(=O)c4cccnc4)cc3)ncc2F)n1C(C)C.Cl. The molecular weight excluding hydrogens is 431 g/mol. The van der Waals surface area contributed by atoms with E-state index in [1.165, 1.54) is 6.20 Å². The van der Waals surface area contributed by atoms with Crippen LogP contribution in [-0.4, -0.2) is 30.3 Å². The lowest BCUT2D eigenvalue weighted by molar-refractivity contribution is 0.103. The van der Waals surface area contributed by atoms with Crippen molar-refractivity contribution in [1.82, 2.24) is 24.5 Å². The van der Waals surface area contributed by atoms with Crippen LogP contribution in [0.15, 0.2) is 61.2 Å². The molecule has 0 radical (unpaired) electrons. The zero-order chi connectivity index (χ0) is 22.0. The van der Waals surface area contributed by atoms with Crippen LogP contribution in [-0.2, 0) is 0 Å². The van der Waals surface area contributed by atoms with Gasteiger partial charge in [-0.05, 0) is 57.2 Å². The third-order valence-electron chi connectivity index (χ3n) is 4.81. The van der Waals surface area contributed by atoms with Crippen molar-refractivity contribution in [3.63, 3.8) is 0 Å². The molecule has 0 spiro atoms. The lowest BCUT2D eigenvalue weighted by Crippen LogP contribution is -2.08. The molecule has 0 unspecified atom stereocenters. The highest BCUT2D eigenvalue weighted by atomic mass is 35.5.